The van der Waals surface area contributed by atoms with Crippen LogP contribution in [-0.4, -0.2) is 30.5 Å². The first-order chi connectivity index (χ1) is 7.75. The van der Waals surface area contributed by atoms with Gasteiger partial charge in [-0.1, -0.05) is 32.6 Å². The molecule has 16 heavy (non-hydrogen) atoms. The van der Waals surface area contributed by atoms with Gasteiger partial charge in [0.05, 0.1) is 6.61 Å². The first kappa shape index (κ1) is 12.5. The minimum absolute atomic E-state index is 0.214. The second-order valence-electron chi connectivity index (χ2n) is 3.58. The van der Waals surface area contributed by atoms with Crippen molar-refractivity contribution in [1.82, 2.24) is 0 Å². The van der Waals surface area contributed by atoms with E-state index in [2.05, 4.69) is 16.9 Å². The molecule has 0 radical (unpaired) electrons. The van der Waals surface area contributed by atoms with Crippen LogP contribution in [0.3, 0.4) is 0 Å². The molecule has 0 fully saturated rings. The molecule has 1 amide bonds. The van der Waals surface area contributed by atoms with Crippen LogP contribution in [0.25, 0.3) is 0 Å². The number of carbonyl (C=O) groups is 2. The van der Waals surface area contributed by atoms with E-state index in [1.807, 2.05) is 0 Å². The van der Waals surface area contributed by atoms with Gasteiger partial charge < -0.3 is 4.74 Å². The van der Waals surface area contributed by atoms with Crippen molar-refractivity contribution in [2.24, 2.45) is 9.98 Å². The van der Waals surface area contributed by atoms with Gasteiger partial charge in [0.1, 0.15) is 6.34 Å². The molecule has 5 heteroatoms. The number of hydrogen-bond donors (Lipinski definition) is 0. The molecule has 0 atom stereocenters. The Bertz CT molecular complexity index is 321. The highest BCUT2D eigenvalue weighted by Crippen LogP contribution is 2.03. The van der Waals surface area contributed by atoms with E-state index in [1.165, 1.54) is 12.8 Å². The van der Waals surface area contributed by atoms with Gasteiger partial charge in [0, 0.05) is 0 Å². The van der Waals surface area contributed by atoms with Crippen molar-refractivity contribution in [2.75, 3.05) is 6.61 Å². The zero-order valence-electron chi connectivity index (χ0n) is 9.44. The first-order valence-corrected chi connectivity index (χ1v) is 5.57. The largest absolute Gasteiger partial charge is 0.461 e. The van der Waals surface area contributed by atoms with E-state index < -0.39 is 11.9 Å². The lowest BCUT2D eigenvalue weighted by molar-refractivity contribution is -0.136. The third kappa shape index (κ3) is 3.92. The molecule has 1 aliphatic rings. The fraction of sp³-hybridized carbons (Fsp3) is 0.636. The molecule has 0 aromatic heterocycles. The van der Waals surface area contributed by atoms with Crippen molar-refractivity contribution in [1.29, 1.82) is 0 Å². The summed E-state index contributed by atoms with van der Waals surface area (Å²) in [4.78, 5) is 29.1. The standard InChI is InChI=1S/C11H16N2O3/c1-2-3-4-5-6-7-16-11(15)9-10(14)13-8-12-9/h8H,2-7H2,1H3. The Morgan fingerprint density at radius 1 is 1.31 bits per heavy atom. The van der Waals surface area contributed by atoms with Crippen molar-refractivity contribution in [3.8, 4) is 0 Å². The lowest BCUT2D eigenvalue weighted by atomic mass is 10.2. The molecule has 1 aliphatic heterocycles. The van der Waals surface area contributed by atoms with E-state index in [0.717, 1.165) is 25.6 Å². The van der Waals surface area contributed by atoms with Gasteiger partial charge in [0.15, 0.2) is 0 Å². The van der Waals surface area contributed by atoms with Crippen LogP contribution in [-0.2, 0) is 14.3 Å². The predicted molar refractivity (Wildman–Crippen MR) is 60.7 cm³/mol. The SMILES string of the molecule is CCCCCCCOC(=O)C1=NC=NC1=O. The molecule has 1 heterocycles. The smallest absolute Gasteiger partial charge is 0.362 e. The van der Waals surface area contributed by atoms with Gasteiger partial charge in [-0.3, -0.25) is 4.79 Å². The molecule has 0 aromatic rings. The number of ether oxygens (including phenoxy) is 1. The number of unbranched alkanes of at least 4 members (excludes halogenated alkanes) is 4. The molecular weight excluding hydrogens is 208 g/mol. The van der Waals surface area contributed by atoms with Crippen LogP contribution in [0.15, 0.2) is 9.98 Å². The highest BCUT2D eigenvalue weighted by molar-refractivity contribution is 6.66. The monoisotopic (exact) mass is 224 g/mol. The van der Waals surface area contributed by atoms with E-state index in [0.29, 0.717) is 6.61 Å². The Balaban J connectivity index is 2.10. The van der Waals surface area contributed by atoms with Crippen molar-refractivity contribution >= 4 is 23.9 Å². The fourth-order valence-electron chi connectivity index (χ4n) is 1.33. The minimum Gasteiger partial charge on any atom is -0.461 e. The van der Waals surface area contributed by atoms with Gasteiger partial charge in [-0.25, -0.2) is 9.79 Å². The van der Waals surface area contributed by atoms with Crippen molar-refractivity contribution < 1.29 is 14.3 Å². The molecule has 0 unspecified atom stereocenters. The molecule has 0 bridgehead atoms. The topological polar surface area (TPSA) is 68.1 Å². The van der Waals surface area contributed by atoms with Gasteiger partial charge in [0.2, 0.25) is 5.71 Å². The zero-order chi connectivity index (χ0) is 11.8. The Morgan fingerprint density at radius 2 is 2.06 bits per heavy atom. The second kappa shape index (κ2) is 6.87. The molecule has 0 spiro atoms. The predicted octanol–water partition coefficient (Wildman–Crippen LogP) is 1.51. The third-order valence-electron chi connectivity index (χ3n) is 2.24. The van der Waals surface area contributed by atoms with Crippen molar-refractivity contribution in [2.45, 2.75) is 39.0 Å². The highest BCUT2D eigenvalue weighted by atomic mass is 16.5. The van der Waals surface area contributed by atoms with Gasteiger partial charge in [-0.05, 0) is 6.42 Å². The molecule has 0 saturated heterocycles. The Labute approximate surface area is 94.6 Å². The number of aliphatic imine (C=N–C) groups is 2. The normalized spacial score (nSPS) is 14.1. The summed E-state index contributed by atoms with van der Waals surface area (Å²) in [7, 11) is 0. The Hall–Kier alpha value is -1.52. The van der Waals surface area contributed by atoms with Gasteiger partial charge >= 0.3 is 11.9 Å². The Morgan fingerprint density at radius 3 is 2.69 bits per heavy atom. The van der Waals surface area contributed by atoms with Crippen molar-refractivity contribution in [3.05, 3.63) is 0 Å². The molecule has 0 N–H and O–H groups in total. The lowest BCUT2D eigenvalue weighted by Gasteiger charge is -2.02. The molecule has 88 valence electrons. The summed E-state index contributed by atoms with van der Waals surface area (Å²) < 4.78 is 4.91. The number of esters is 1. The number of hydrogen-bond acceptors (Lipinski definition) is 4. The van der Waals surface area contributed by atoms with Crippen LogP contribution < -0.4 is 0 Å². The second-order valence-corrected chi connectivity index (χ2v) is 3.58. The van der Waals surface area contributed by atoms with Crippen LogP contribution in [0, 0.1) is 0 Å². The molecule has 1 rings (SSSR count). The van der Waals surface area contributed by atoms with Crippen LogP contribution in [0.1, 0.15) is 39.0 Å². The highest BCUT2D eigenvalue weighted by Gasteiger charge is 2.23. The number of nitrogens with zero attached hydrogens (tertiary/aromatic N) is 2. The van der Waals surface area contributed by atoms with E-state index in [4.69, 9.17) is 4.74 Å². The average Bonchev–Trinajstić information content (AvgIpc) is 2.69. The van der Waals surface area contributed by atoms with Crippen LogP contribution in [0.4, 0.5) is 0 Å². The van der Waals surface area contributed by atoms with Crippen LogP contribution in [0.2, 0.25) is 0 Å². The van der Waals surface area contributed by atoms with E-state index in [-0.39, 0.29) is 5.71 Å². The van der Waals surface area contributed by atoms with Crippen molar-refractivity contribution in [3.63, 3.8) is 0 Å². The first-order valence-electron chi connectivity index (χ1n) is 5.57. The quantitative estimate of drug-likeness (QED) is 0.486. The van der Waals surface area contributed by atoms with E-state index in [9.17, 15) is 9.59 Å². The maximum Gasteiger partial charge on any atom is 0.362 e. The van der Waals surface area contributed by atoms with Gasteiger partial charge in [-0.2, -0.15) is 4.99 Å². The van der Waals surface area contributed by atoms with Crippen LogP contribution >= 0.6 is 0 Å². The summed E-state index contributed by atoms with van der Waals surface area (Å²) in [6.45, 7) is 2.48. The number of amides is 1. The summed E-state index contributed by atoms with van der Waals surface area (Å²) in [5.74, 6) is -1.28. The molecule has 0 aliphatic carbocycles. The van der Waals surface area contributed by atoms with Gasteiger partial charge in [-0.15, -0.1) is 0 Å². The maximum absolute atomic E-state index is 11.3. The summed E-state index contributed by atoms with van der Waals surface area (Å²) in [6, 6.07) is 0. The summed E-state index contributed by atoms with van der Waals surface area (Å²) >= 11 is 0. The van der Waals surface area contributed by atoms with E-state index in [1.54, 1.807) is 0 Å². The minimum atomic E-state index is -0.669. The summed E-state index contributed by atoms with van der Waals surface area (Å²) in [6.07, 6.45) is 6.47. The molecule has 0 aromatic carbocycles. The Kier molecular flexibility index (Phi) is 5.39. The summed E-state index contributed by atoms with van der Waals surface area (Å²) in [5, 5.41) is 0. The summed E-state index contributed by atoms with van der Waals surface area (Å²) in [5.41, 5.74) is -0.214. The van der Waals surface area contributed by atoms with Crippen LogP contribution in [0.5, 0.6) is 0 Å². The molecule has 0 saturated carbocycles. The third-order valence-corrected chi connectivity index (χ3v) is 2.24. The lowest BCUT2D eigenvalue weighted by Crippen LogP contribution is -2.23. The average molecular weight is 224 g/mol. The maximum atomic E-state index is 11.3. The fourth-order valence-corrected chi connectivity index (χ4v) is 1.33. The molecule has 5 nitrogen and oxygen atoms in total. The number of carbonyl (C=O) groups excluding carboxylic acids is 2. The zero-order valence-corrected chi connectivity index (χ0v) is 9.44. The van der Waals surface area contributed by atoms with Gasteiger partial charge in [0.25, 0.3) is 0 Å². The van der Waals surface area contributed by atoms with E-state index >= 15 is 0 Å². The molecular formula is C11H16N2O3. The number of rotatable bonds is 7.